The molecule has 1 fully saturated rings. The molecule has 0 amide bonds. The maximum absolute atomic E-state index is 12.6. The Bertz CT molecular complexity index is 837. The second kappa shape index (κ2) is 8.32. The van der Waals surface area contributed by atoms with Gasteiger partial charge in [0.05, 0.1) is 12.5 Å². The van der Waals surface area contributed by atoms with Crippen LogP contribution >= 0.6 is 0 Å². The number of anilines is 1. The Morgan fingerprint density at radius 1 is 1.33 bits per heavy atom. The van der Waals surface area contributed by atoms with Crippen LogP contribution in [0.4, 0.5) is 5.82 Å². The first-order chi connectivity index (χ1) is 13.0. The lowest BCUT2D eigenvalue weighted by atomic mass is 9.88. The van der Waals surface area contributed by atoms with E-state index in [4.69, 9.17) is 19.9 Å². The molecule has 8 heteroatoms. The molecule has 0 bridgehead atoms. The van der Waals surface area contributed by atoms with E-state index in [9.17, 15) is 9.59 Å². The summed E-state index contributed by atoms with van der Waals surface area (Å²) in [6.07, 6.45) is 0.119. The molecule has 8 nitrogen and oxygen atoms in total. The second-order valence-electron chi connectivity index (χ2n) is 6.66. The van der Waals surface area contributed by atoms with Gasteiger partial charge in [-0.3, -0.25) is 9.36 Å². The number of nitrogens with two attached hydrogens (primary N) is 1. The molecule has 2 heterocycles. The molecule has 1 aliphatic rings. The maximum atomic E-state index is 12.6. The van der Waals surface area contributed by atoms with Gasteiger partial charge in [-0.25, -0.2) is 4.79 Å². The van der Waals surface area contributed by atoms with Gasteiger partial charge in [-0.1, -0.05) is 44.2 Å². The molecule has 0 saturated carbocycles. The third-order valence-corrected chi connectivity index (χ3v) is 4.34. The summed E-state index contributed by atoms with van der Waals surface area (Å²) in [6.45, 7) is 4.04. The smallest absolute Gasteiger partial charge is 0.351 e. The number of esters is 1. The molecule has 27 heavy (non-hydrogen) atoms. The van der Waals surface area contributed by atoms with Crippen LogP contribution in [-0.2, 0) is 19.0 Å². The monoisotopic (exact) mass is 373 g/mol. The van der Waals surface area contributed by atoms with Gasteiger partial charge in [0.1, 0.15) is 12.4 Å². The molecule has 2 aromatic rings. The molecular formula is C19H23N3O5. The first kappa shape index (κ1) is 19.1. The van der Waals surface area contributed by atoms with Gasteiger partial charge in [-0.05, 0) is 17.5 Å². The fourth-order valence-electron chi connectivity index (χ4n) is 3.02. The highest BCUT2D eigenvalue weighted by Gasteiger charge is 2.31. The number of benzene rings is 1. The van der Waals surface area contributed by atoms with Gasteiger partial charge >= 0.3 is 11.7 Å². The Hall–Kier alpha value is -2.71. The van der Waals surface area contributed by atoms with Crippen LogP contribution in [0.1, 0.15) is 31.6 Å². The van der Waals surface area contributed by atoms with Gasteiger partial charge in [0, 0.05) is 6.20 Å². The van der Waals surface area contributed by atoms with Gasteiger partial charge in [0.25, 0.3) is 0 Å². The van der Waals surface area contributed by atoms with Gasteiger partial charge in [0.15, 0.2) is 12.5 Å². The minimum absolute atomic E-state index is 0.0530. The van der Waals surface area contributed by atoms with Crippen LogP contribution < -0.4 is 11.4 Å². The highest BCUT2D eigenvalue weighted by molar-refractivity contribution is 5.78. The van der Waals surface area contributed by atoms with Crippen LogP contribution in [0.5, 0.6) is 0 Å². The number of hydrogen-bond acceptors (Lipinski definition) is 7. The fourth-order valence-corrected chi connectivity index (χ4v) is 3.02. The van der Waals surface area contributed by atoms with Crippen molar-refractivity contribution in [2.45, 2.75) is 32.3 Å². The third-order valence-electron chi connectivity index (χ3n) is 4.34. The topological polar surface area (TPSA) is 106 Å². The normalized spacial score (nSPS) is 20.6. The van der Waals surface area contributed by atoms with E-state index in [0.29, 0.717) is 0 Å². The number of carbonyl (C=O) groups is 1. The minimum atomic E-state index is -0.744. The Morgan fingerprint density at radius 2 is 2.07 bits per heavy atom. The highest BCUT2D eigenvalue weighted by atomic mass is 16.7. The molecule has 0 radical (unpaired) electrons. The Labute approximate surface area is 156 Å². The van der Waals surface area contributed by atoms with Gasteiger partial charge in [-0.2, -0.15) is 4.98 Å². The van der Waals surface area contributed by atoms with E-state index in [1.54, 1.807) is 0 Å². The van der Waals surface area contributed by atoms with E-state index in [0.717, 1.165) is 5.56 Å². The summed E-state index contributed by atoms with van der Waals surface area (Å²) in [6, 6.07) is 11.0. The Balaban J connectivity index is 1.58. The number of nitrogen functional groups attached to an aromatic ring is 1. The van der Waals surface area contributed by atoms with Crippen molar-refractivity contribution in [2.75, 3.05) is 18.9 Å². The number of carbonyl (C=O) groups excluding carboxylic acids is 1. The van der Waals surface area contributed by atoms with Crippen molar-refractivity contribution in [1.82, 2.24) is 9.55 Å². The van der Waals surface area contributed by atoms with Gasteiger partial charge < -0.3 is 19.9 Å². The van der Waals surface area contributed by atoms with Crippen LogP contribution in [0.25, 0.3) is 0 Å². The summed E-state index contributed by atoms with van der Waals surface area (Å²) in [7, 11) is 0. The summed E-state index contributed by atoms with van der Waals surface area (Å²) in [5, 5.41) is 0. The summed E-state index contributed by atoms with van der Waals surface area (Å²) >= 11 is 0. The average molecular weight is 373 g/mol. The van der Waals surface area contributed by atoms with E-state index in [-0.39, 0.29) is 36.8 Å². The van der Waals surface area contributed by atoms with Crippen LogP contribution in [0.15, 0.2) is 47.4 Å². The number of hydrogen-bond donors (Lipinski definition) is 1. The quantitative estimate of drug-likeness (QED) is 0.768. The number of ether oxygens (including phenoxy) is 3. The van der Waals surface area contributed by atoms with Crippen LogP contribution in [0.3, 0.4) is 0 Å². The van der Waals surface area contributed by atoms with E-state index in [1.165, 1.54) is 16.8 Å². The first-order valence-corrected chi connectivity index (χ1v) is 8.79. The van der Waals surface area contributed by atoms with Crippen molar-refractivity contribution in [2.24, 2.45) is 5.92 Å². The lowest BCUT2D eigenvalue weighted by Crippen LogP contribution is -2.29. The summed E-state index contributed by atoms with van der Waals surface area (Å²) in [5.41, 5.74) is 5.86. The van der Waals surface area contributed by atoms with Crippen molar-refractivity contribution in [3.63, 3.8) is 0 Å². The van der Waals surface area contributed by atoms with Crippen molar-refractivity contribution < 1.29 is 19.0 Å². The SMILES string of the molecule is CC(C)C(C(=O)OCC1OCC(n2ccc(N)nc2=O)O1)c1ccccc1. The zero-order valence-corrected chi connectivity index (χ0v) is 15.3. The van der Waals surface area contributed by atoms with Crippen molar-refractivity contribution in [3.8, 4) is 0 Å². The molecule has 3 rings (SSSR count). The van der Waals surface area contributed by atoms with Gasteiger partial charge in [0.2, 0.25) is 0 Å². The maximum Gasteiger partial charge on any atom is 0.351 e. The highest BCUT2D eigenvalue weighted by Crippen LogP contribution is 2.26. The van der Waals surface area contributed by atoms with Crippen LogP contribution in [-0.4, -0.2) is 35.0 Å². The van der Waals surface area contributed by atoms with Gasteiger partial charge in [-0.15, -0.1) is 0 Å². The summed E-state index contributed by atoms with van der Waals surface area (Å²) in [4.78, 5) is 28.1. The second-order valence-corrected chi connectivity index (χ2v) is 6.66. The van der Waals surface area contributed by atoms with Crippen LogP contribution in [0.2, 0.25) is 0 Å². The molecule has 1 aromatic carbocycles. The van der Waals surface area contributed by atoms with Crippen molar-refractivity contribution >= 4 is 11.8 Å². The lowest BCUT2D eigenvalue weighted by molar-refractivity contribution is -0.161. The molecule has 3 atom stereocenters. The minimum Gasteiger partial charge on any atom is -0.460 e. The molecule has 2 N–H and O–H groups in total. The fraction of sp³-hybridized carbons (Fsp3) is 0.421. The predicted molar refractivity (Wildman–Crippen MR) is 97.8 cm³/mol. The molecule has 0 aliphatic carbocycles. The molecule has 1 saturated heterocycles. The zero-order chi connectivity index (χ0) is 19.4. The van der Waals surface area contributed by atoms with Crippen molar-refractivity contribution in [1.29, 1.82) is 0 Å². The number of rotatable bonds is 6. The molecule has 1 aromatic heterocycles. The lowest BCUT2D eigenvalue weighted by Gasteiger charge is -2.21. The molecular weight excluding hydrogens is 350 g/mol. The van der Waals surface area contributed by atoms with E-state index in [2.05, 4.69) is 4.98 Å². The zero-order valence-electron chi connectivity index (χ0n) is 15.3. The van der Waals surface area contributed by atoms with E-state index in [1.807, 2.05) is 44.2 Å². The molecule has 144 valence electrons. The number of nitrogens with zero attached hydrogens (tertiary/aromatic N) is 2. The predicted octanol–water partition coefficient (Wildman–Crippen LogP) is 1.68. The summed E-state index contributed by atoms with van der Waals surface area (Å²) in [5.74, 6) is -0.482. The standard InChI is InChI=1S/C19H23N3O5/c1-12(2)17(13-6-4-3-5-7-13)18(23)26-11-16-25-10-15(27-16)22-9-8-14(20)21-19(22)24/h3-9,12,15-17H,10-11H2,1-2H3,(H2,20,21,24). The average Bonchev–Trinajstić information content (AvgIpc) is 3.09. The summed E-state index contributed by atoms with van der Waals surface area (Å²) < 4.78 is 17.8. The molecule has 1 aliphatic heterocycles. The molecule has 3 unspecified atom stereocenters. The van der Waals surface area contributed by atoms with Crippen LogP contribution in [0, 0.1) is 5.92 Å². The number of aromatic nitrogens is 2. The largest absolute Gasteiger partial charge is 0.460 e. The Kier molecular flexibility index (Phi) is 5.88. The van der Waals surface area contributed by atoms with Crippen molar-refractivity contribution in [3.05, 3.63) is 58.6 Å². The van der Waals surface area contributed by atoms with E-state index < -0.39 is 18.2 Å². The first-order valence-electron chi connectivity index (χ1n) is 8.79. The van der Waals surface area contributed by atoms with E-state index >= 15 is 0 Å². The third kappa shape index (κ3) is 4.53. The Morgan fingerprint density at radius 3 is 2.74 bits per heavy atom. The molecule has 0 spiro atoms.